The second-order valence-electron chi connectivity index (χ2n) is 12.1. The number of hydrogen-bond acceptors (Lipinski definition) is 3. The molecule has 0 N–H and O–H groups in total. The van der Waals surface area contributed by atoms with Crippen molar-refractivity contribution in [2.24, 2.45) is 0 Å². The lowest BCUT2D eigenvalue weighted by Gasteiger charge is -2.25. The van der Waals surface area contributed by atoms with E-state index in [2.05, 4.69) is 155 Å². The highest BCUT2D eigenvalue weighted by molar-refractivity contribution is 7.26. The normalized spacial score (nSPS) is 12.3. The molecule has 0 aliphatic carbocycles. The molecule has 3 nitrogen and oxygen atoms in total. The molecule has 0 unspecified atom stereocenters. The van der Waals surface area contributed by atoms with Crippen molar-refractivity contribution in [3.05, 3.63) is 146 Å². The first-order chi connectivity index (χ1) is 22.8. The molecule has 0 saturated heterocycles. The van der Waals surface area contributed by atoms with E-state index in [0.717, 1.165) is 33.9 Å². The predicted molar refractivity (Wildman–Crippen MR) is 196 cm³/mol. The molecule has 0 spiro atoms. The van der Waals surface area contributed by atoms with Gasteiger partial charge in [-0.1, -0.05) is 60.7 Å². The molecule has 0 fully saturated rings. The molecule has 0 radical (unpaired) electrons. The molecule has 3 aromatic heterocycles. The third-order valence-corrected chi connectivity index (χ3v) is 10.8. The number of anilines is 3. The predicted octanol–water partition coefficient (Wildman–Crippen LogP) is 12.5. The zero-order valence-corrected chi connectivity index (χ0v) is 25.4. The number of nitrogens with zero attached hydrogens (tertiary/aromatic N) is 2. The van der Waals surface area contributed by atoms with Gasteiger partial charge in [-0.2, -0.15) is 0 Å². The van der Waals surface area contributed by atoms with Crippen LogP contribution in [0, 0.1) is 0 Å². The number of furan rings is 1. The number of thiophene rings is 1. The zero-order chi connectivity index (χ0) is 29.9. The minimum absolute atomic E-state index is 0.944. The van der Waals surface area contributed by atoms with Crippen LogP contribution in [0.4, 0.5) is 17.1 Å². The SMILES string of the molecule is c1ccc(N(c2ccccc2)c2ccc(-n3c4cccc5c6cccc7sc8ccc9oc%10ccc3c(c%10c9c8c76)c54)cc2)cc1. The second-order valence-corrected chi connectivity index (χ2v) is 13.2. The van der Waals surface area contributed by atoms with Crippen LogP contribution in [0.2, 0.25) is 0 Å². The smallest absolute Gasteiger partial charge is 0.136 e. The minimum Gasteiger partial charge on any atom is -0.456 e. The Morgan fingerprint density at radius 3 is 1.74 bits per heavy atom. The first-order valence-electron chi connectivity index (χ1n) is 15.6. The van der Waals surface area contributed by atoms with E-state index in [0.29, 0.717) is 0 Å². The molecule has 4 heteroatoms. The summed E-state index contributed by atoms with van der Waals surface area (Å²) in [5.74, 6) is 0. The van der Waals surface area contributed by atoms with E-state index in [1.807, 2.05) is 11.3 Å². The lowest BCUT2D eigenvalue weighted by atomic mass is 9.95. The summed E-state index contributed by atoms with van der Waals surface area (Å²) in [6.07, 6.45) is 0. The Balaban J connectivity index is 1.23. The van der Waals surface area contributed by atoms with Gasteiger partial charge in [-0.15, -0.1) is 11.3 Å². The van der Waals surface area contributed by atoms with Gasteiger partial charge in [-0.3, -0.25) is 0 Å². The molecule has 11 rings (SSSR count). The molecule has 0 saturated carbocycles. The van der Waals surface area contributed by atoms with Crippen LogP contribution >= 0.6 is 11.3 Å². The average Bonchev–Trinajstić information content (AvgIpc) is 3.78. The van der Waals surface area contributed by atoms with Crippen LogP contribution in [-0.4, -0.2) is 4.57 Å². The maximum atomic E-state index is 6.59. The zero-order valence-electron chi connectivity index (χ0n) is 24.6. The molecule has 0 bridgehead atoms. The molecular formula is C42H24N2OS. The van der Waals surface area contributed by atoms with Gasteiger partial charge in [0.05, 0.1) is 11.0 Å². The molecule has 11 aromatic rings. The molecule has 214 valence electrons. The van der Waals surface area contributed by atoms with Crippen LogP contribution in [0.3, 0.4) is 0 Å². The van der Waals surface area contributed by atoms with Gasteiger partial charge < -0.3 is 13.9 Å². The average molecular weight is 605 g/mol. The molecule has 0 aliphatic heterocycles. The monoisotopic (exact) mass is 604 g/mol. The highest BCUT2D eigenvalue weighted by Gasteiger charge is 2.25. The van der Waals surface area contributed by atoms with E-state index >= 15 is 0 Å². The van der Waals surface area contributed by atoms with Crippen molar-refractivity contribution in [3.8, 4) is 5.69 Å². The van der Waals surface area contributed by atoms with E-state index in [1.54, 1.807) is 0 Å². The van der Waals surface area contributed by atoms with Crippen LogP contribution in [-0.2, 0) is 0 Å². The van der Waals surface area contributed by atoms with Crippen LogP contribution in [0.1, 0.15) is 0 Å². The summed E-state index contributed by atoms with van der Waals surface area (Å²) >= 11 is 1.88. The Morgan fingerprint density at radius 2 is 1.00 bits per heavy atom. The van der Waals surface area contributed by atoms with Gasteiger partial charge in [0.1, 0.15) is 11.2 Å². The fourth-order valence-corrected chi connectivity index (χ4v) is 9.03. The van der Waals surface area contributed by atoms with Gasteiger partial charge in [-0.05, 0) is 95.7 Å². The third-order valence-electron chi connectivity index (χ3n) is 9.70. The number of para-hydroxylation sites is 2. The molecular weight excluding hydrogens is 581 g/mol. The van der Waals surface area contributed by atoms with Crippen molar-refractivity contribution in [3.63, 3.8) is 0 Å². The van der Waals surface area contributed by atoms with Crippen LogP contribution in [0.25, 0.3) is 80.4 Å². The summed E-state index contributed by atoms with van der Waals surface area (Å²) in [5.41, 5.74) is 8.79. The van der Waals surface area contributed by atoms with Crippen molar-refractivity contribution < 1.29 is 4.42 Å². The Kier molecular flexibility index (Phi) is 4.72. The topological polar surface area (TPSA) is 21.3 Å². The molecule has 0 amide bonds. The lowest BCUT2D eigenvalue weighted by Crippen LogP contribution is -2.09. The first-order valence-corrected chi connectivity index (χ1v) is 16.4. The lowest BCUT2D eigenvalue weighted by molar-refractivity contribution is 0.669. The summed E-state index contributed by atoms with van der Waals surface area (Å²) in [6, 6.07) is 52.5. The Labute approximate surface area is 267 Å². The largest absolute Gasteiger partial charge is 0.456 e. The molecule has 0 atom stereocenters. The van der Waals surface area contributed by atoms with Crippen molar-refractivity contribution >= 4 is 103 Å². The van der Waals surface area contributed by atoms with Gasteiger partial charge in [0.25, 0.3) is 0 Å². The van der Waals surface area contributed by atoms with E-state index in [1.165, 1.54) is 63.5 Å². The Bertz CT molecular complexity index is 2860. The third kappa shape index (κ3) is 3.11. The van der Waals surface area contributed by atoms with Gasteiger partial charge >= 0.3 is 0 Å². The van der Waals surface area contributed by atoms with Gasteiger partial charge in [0.15, 0.2) is 0 Å². The Hall–Kier alpha value is -5.84. The summed E-state index contributed by atoms with van der Waals surface area (Å²) in [7, 11) is 0. The minimum atomic E-state index is 0.944. The number of hydrogen-bond donors (Lipinski definition) is 0. The second kappa shape index (κ2) is 8.87. The van der Waals surface area contributed by atoms with Crippen molar-refractivity contribution in [2.45, 2.75) is 0 Å². The summed E-state index contributed by atoms with van der Waals surface area (Å²) in [4.78, 5) is 2.31. The molecule has 0 aliphatic rings. The summed E-state index contributed by atoms with van der Waals surface area (Å²) < 4.78 is 11.6. The van der Waals surface area contributed by atoms with Crippen LogP contribution < -0.4 is 4.90 Å². The van der Waals surface area contributed by atoms with E-state index < -0.39 is 0 Å². The van der Waals surface area contributed by atoms with Crippen LogP contribution in [0.5, 0.6) is 0 Å². The Morgan fingerprint density at radius 1 is 0.413 bits per heavy atom. The summed E-state index contributed by atoms with van der Waals surface area (Å²) in [5, 5.41) is 10.2. The van der Waals surface area contributed by atoms with E-state index in [9.17, 15) is 0 Å². The summed E-state index contributed by atoms with van der Waals surface area (Å²) in [6.45, 7) is 0. The molecule has 46 heavy (non-hydrogen) atoms. The van der Waals surface area contributed by atoms with Gasteiger partial charge in [0, 0.05) is 64.5 Å². The van der Waals surface area contributed by atoms with E-state index in [-0.39, 0.29) is 0 Å². The highest BCUT2D eigenvalue weighted by atomic mass is 32.1. The fourth-order valence-electron chi connectivity index (χ4n) is 7.89. The molecule has 3 heterocycles. The maximum Gasteiger partial charge on any atom is 0.136 e. The number of benzene rings is 7. The number of rotatable bonds is 4. The van der Waals surface area contributed by atoms with Crippen molar-refractivity contribution in [1.29, 1.82) is 0 Å². The van der Waals surface area contributed by atoms with Gasteiger partial charge in [0.2, 0.25) is 0 Å². The maximum absolute atomic E-state index is 6.59. The number of fused-ring (bicyclic) bond motifs is 1. The van der Waals surface area contributed by atoms with E-state index in [4.69, 9.17) is 4.42 Å². The fraction of sp³-hybridized carbons (Fsp3) is 0. The van der Waals surface area contributed by atoms with Crippen molar-refractivity contribution in [2.75, 3.05) is 4.90 Å². The quantitative estimate of drug-likeness (QED) is 0.199. The first kappa shape index (κ1) is 24.5. The van der Waals surface area contributed by atoms with Crippen molar-refractivity contribution in [1.82, 2.24) is 4.57 Å². The standard InChI is InChI=1S/C42H24N2OS/c1-3-9-25(10-4-1)43(26-11-5-2-6-12-26)27-17-19-28(20-18-27)44-31-15-7-13-29-30-14-8-16-35-38(30)42-36(46-35)24-23-34-41(42)40-33(45-34)22-21-32(44)39(40)37(29)31/h1-24H. The highest BCUT2D eigenvalue weighted by Crippen LogP contribution is 2.51. The van der Waals surface area contributed by atoms with Crippen LogP contribution in [0.15, 0.2) is 150 Å². The van der Waals surface area contributed by atoms with Gasteiger partial charge in [-0.25, -0.2) is 0 Å². The number of aromatic nitrogens is 1. The molecule has 8 aromatic carbocycles.